The second kappa shape index (κ2) is 4.94. The molecule has 2 aromatic rings. The lowest BCUT2D eigenvalue weighted by atomic mass is 10.2. The number of pyridine rings is 1. The van der Waals surface area contributed by atoms with Gasteiger partial charge in [0.05, 0.1) is 11.4 Å². The molecule has 2 rings (SSSR count). The van der Waals surface area contributed by atoms with Crippen LogP contribution in [-0.2, 0) is 0 Å². The highest BCUT2D eigenvalue weighted by Gasteiger charge is 2.14. The first-order valence-electron chi connectivity index (χ1n) is 5.69. The molecule has 2 aromatic heterocycles. The Bertz CT molecular complexity index is 519. The molecule has 0 aliphatic rings. The number of hydrogen-bond acceptors (Lipinski definition) is 4. The van der Waals surface area contributed by atoms with Gasteiger partial charge in [-0.3, -0.25) is 4.98 Å². The summed E-state index contributed by atoms with van der Waals surface area (Å²) < 4.78 is 0. The minimum Gasteiger partial charge on any atom is -0.312 e. The first kappa shape index (κ1) is 12.2. The second-order valence-electron chi connectivity index (χ2n) is 4.20. The Morgan fingerprint density at radius 3 is 2.76 bits per heavy atom. The smallest absolute Gasteiger partial charge is 0.142 e. The van der Waals surface area contributed by atoms with Crippen LogP contribution in [0.5, 0.6) is 0 Å². The Hall–Kier alpha value is -1.26. The van der Waals surface area contributed by atoms with E-state index in [9.17, 15) is 0 Å². The van der Waals surface area contributed by atoms with Crippen LogP contribution in [0, 0.1) is 13.8 Å². The third-order valence-corrected chi connectivity index (χ3v) is 4.16. The zero-order chi connectivity index (χ0) is 12.4. The molecule has 1 atom stereocenters. The molecule has 0 saturated carbocycles. The minimum atomic E-state index is 0.339. The summed E-state index contributed by atoms with van der Waals surface area (Å²) in [7, 11) is 1.97. The Balaban J connectivity index is 2.41. The normalized spacial score (nSPS) is 12.7. The van der Waals surface area contributed by atoms with E-state index in [2.05, 4.69) is 42.1 Å². The average molecular weight is 247 g/mol. The number of aryl methyl sites for hydroxylation is 2. The van der Waals surface area contributed by atoms with Crippen molar-refractivity contribution in [1.29, 1.82) is 0 Å². The van der Waals surface area contributed by atoms with Crippen molar-refractivity contribution in [1.82, 2.24) is 15.3 Å². The minimum absolute atomic E-state index is 0.339. The molecule has 17 heavy (non-hydrogen) atoms. The van der Waals surface area contributed by atoms with Gasteiger partial charge in [0.2, 0.25) is 0 Å². The molecule has 0 fully saturated rings. The highest BCUT2D eigenvalue weighted by molar-refractivity contribution is 7.15. The van der Waals surface area contributed by atoms with Gasteiger partial charge >= 0.3 is 0 Å². The summed E-state index contributed by atoms with van der Waals surface area (Å²) >= 11 is 1.72. The zero-order valence-electron chi connectivity index (χ0n) is 10.6. The molecule has 0 radical (unpaired) electrons. The first-order valence-corrected chi connectivity index (χ1v) is 6.51. The summed E-state index contributed by atoms with van der Waals surface area (Å²) in [6.45, 7) is 6.27. The van der Waals surface area contributed by atoms with Crippen LogP contribution in [0.3, 0.4) is 0 Å². The van der Waals surface area contributed by atoms with Crippen LogP contribution >= 0.6 is 11.3 Å². The molecule has 0 aliphatic heterocycles. The number of hydrogen-bond donors (Lipinski definition) is 1. The molecule has 2 heterocycles. The molecular formula is C13H17N3S. The van der Waals surface area contributed by atoms with E-state index in [-0.39, 0.29) is 0 Å². The molecule has 0 amide bonds. The van der Waals surface area contributed by atoms with Gasteiger partial charge in [-0.2, -0.15) is 0 Å². The lowest BCUT2D eigenvalue weighted by Crippen LogP contribution is -2.11. The monoisotopic (exact) mass is 247 g/mol. The SMILES string of the molecule is CNC(C)c1sc(-c2cc(C)ccn2)nc1C. The summed E-state index contributed by atoms with van der Waals surface area (Å²) in [6.07, 6.45) is 1.84. The number of aromatic nitrogens is 2. The van der Waals surface area contributed by atoms with E-state index in [0.29, 0.717) is 6.04 Å². The summed E-state index contributed by atoms with van der Waals surface area (Å²) in [4.78, 5) is 10.3. The molecule has 0 bridgehead atoms. The lowest BCUT2D eigenvalue weighted by Gasteiger charge is -2.06. The third-order valence-electron chi connectivity index (χ3n) is 2.79. The quantitative estimate of drug-likeness (QED) is 0.905. The topological polar surface area (TPSA) is 37.8 Å². The Kier molecular flexibility index (Phi) is 3.54. The molecule has 90 valence electrons. The maximum Gasteiger partial charge on any atom is 0.142 e. The highest BCUT2D eigenvalue weighted by Crippen LogP contribution is 2.30. The van der Waals surface area contributed by atoms with Gasteiger partial charge in [-0.25, -0.2) is 4.98 Å². The van der Waals surface area contributed by atoms with Crippen molar-refractivity contribution in [2.45, 2.75) is 26.8 Å². The molecule has 0 saturated heterocycles. The molecule has 0 aliphatic carbocycles. The van der Waals surface area contributed by atoms with Gasteiger partial charge in [0.15, 0.2) is 0 Å². The van der Waals surface area contributed by atoms with Crippen molar-refractivity contribution in [3.8, 4) is 10.7 Å². The van der Waals surface area contributed by atoms with Gasteiger partial charge in [-0.1, -0.05) is 0 Å². The fourth-order valence-electron chi connectivity index (χ4n) is 1.70. The predicted molar refractivity (Wildman–Crippen MR) is 72.3 cm³/mol. The van der Waals surface area contributed by atoms with Crippen molar-refractivity contribution >= 4 is 11.3 Å². The van der Waals surface area contributed by atoms with Crippen molar-refractivity contribution in [3.63, 3.8) is 0 Å². The van der Waals surface area contributed by atoms with Crippen molar-refractivity contribution in [2.75, 3.05) is 7.05 Å². The van der Waals surface area contributed by atoms with Crippen LogP contribution in [0.25, 0.3) is 10.7 Å². The van der Waals surface area contributed by atoms with Gasteiger partial charge < -0.3 is 5.32 Å². The second-order valence-corrected chi connectivity index (χ2v) is 5.23. The van der Waals surface area contributed by atoms with Gasteiger partial charge in [-0.15, -0.1) is 11.3 Å². The van der Waals surface area contributed by atoms with E-state index in [1.807, 2.05) is 19.3 Å². The van der Waals surface area contributed by atoms with Gasteiger partial charge in [0, 0.05) is 17.1 Å². The standard InChI is InChI=1S/C13H17N3S/c1-8-5-6-15-11(7-8)13-16-10(3)12(17-13)9(2)14-4/h5-7,9,14H,1-4H3. The van der Waals surface area contributed by atoms with E-state index in [0.717, 1.165) is 16.4 Å². The lowest BCUT2D eigenvalue weighted by molar-refractivity contribution is 0.658. The summed E-state index contributed by atoms with van der Waals surface area (Å²) in [5.74, 6) is 0. The number of thiazole rings is 1. The predicted octanol–water partition coefficient (Wildman–Crippen LogP) is 3.10. The largest absolute Gasteiger partial charge is 0.312 e. The highest BCUT2D eigenvalue weighted by atomic mass is 32.1. The van der Waals surface area contributed by atoms with Gasteiger partial charge in [0.1, 0.15) is 5.01 Å². The third kappa shape index (κ3) is 2.53. The van der Waals surface area contributed by atoms with Gasteiger partial charge in [0.25, 0.3) is 0 Å². The number of nitrogens with zero attached hydrogens (tertiary/aromatic N) is 2. The van der Waals surface area contributed by atoms with Crippen LogP contribution in [0.15, 0.2) is 18.3 Å². The molecule has 0 spiro atoms. The Morgan fingerprint density at radius 2 is 2.12 bits per heavy atom. The zero-order valence-corrected chi connectivity index (χ0v) is 11.4. The summed E-state index contributed by atoms with van der Waals surface area (Å²) in [5.41, 5.74) is 3.27. The summed E-state index contributed by atoms with van der Waals surface area (Å²) in [5, 5.41) is 4.25. The number of rotatable bonds is 3. The molecular weight excluding hydrogens is 230 g/mol. The number of nitrogens with one attached hydrogen (secondary N) is 1. The Labute approximate surface area is 106 Å². The van der Waals surface area contributed by atoms with E-state index in [1.54, 1.807) is 11.3 Å². The first-order chi connectivity index (χ1) is 8.11. The maximum absolute atomic E-state index is 4.61. The fourth-order valence-corrected chi connectivity index (χ4v) is 2.80. The van der Waals surface area contributed by atoms with Crippen molar-refractivity contribution < 1.29 is 0 Å². The van der Waals surface area contributed by atoms with Crippen molar-refractivity contribution in [3.05, 3.63) is 34.5 Å². The van der Waals surface area contributed by atoms with Gasteiger partial charge in [-0.05, 0) is 45.5 Å². The molecule has 1 unspecified atom stereocenters. The molecule has 1 N–H and O–H groups in total. The van der Waals surface area contributed by atoms with Crippen LogP contribution in [-0.4, -0.2) is 17.0 Å². The Morgan fingerprint density at radius 1 is 1.35 bits per heavy atom. The maximum atomic E-state index is 4.61. The van der Waals surface area contributed by atoms with Crippen LogP contribution < -0.4 is 5.32 Å². The molecule has 0 aromatic carbocycles. The van der Waals surface area contributed by atoms with E-state index in [4.69, 9.17) is 0 Å². The molecule has 3 nitrogen and oxygen atoms in total. The average Bonchev–Trinajstić information content (AvgIpc) is 2.70. The van der Waals surface area contributed by atoms with Crippen molar-refractivity contribution in [2.24, 2.45) is 0 Å². The van der Waals surface area contributed by atoms with E-state index < -0.39 is 0 Å². The van der Waals surface area contributed by atoms with Crippen LogP contribution in [0.4, 0.5) is 0 Å². The molecule has 4 heteroatoms. The van der Waals surface area contributed by atoms with Crippen LogP contribution in [0.1, 0.15) is 29.1 Å². The van der Waals surface area contributed by atoms with Crippen LogP contribution in [0.2, 0.25) is 0 Å². The van der Waals surface area contributed by atoms with E-state index >= 15 is 0 Å². The summed E-state index contributed by atoms with van der Waals surface area (Å²) in [6, 6.07) is 4.42. The van der Waals surface area contributed by atoms with E-state index in [1.165, 1.54) is 10.4 Å². The fraction of sp³-hybridized carbons (Fsp3) is 0.385.